The van der Waals surface area contributed by atoms with Crippen LogP contribution in [0.4, 0.5) is 11.4 Å². The van der Waals surface area contributed by atoms with Crippen LogP contribution in [0.1, 0.15) is 12.5 Å². The van der Waals surface area contributed by atoms with Gasteiger partial charge in [-0.15, -0.1) is 0 Å². The third-order valence-corrected chi connectivity index (χ3v) is 4.57. The highest BCUT2D eigenvalue weighted by atomic mass is 16.2. The Morgan fingerprint density at radius 3 is 2.68 bits per heavy atom. The number of benzene rings is 2. The van der Waals surface area contributed by atoms with Gasteiger partial charge in [0.25, 0.3) is 11.8 Å². The van der Waals surface area contributed by atoms with Crippen molar-refractivity contribution in [3.63, 3.8) is 0 Å². The Morgan fingerprint density at radius 2 is 1.89 bits per heavy atom. The smallest absolute Gasteiger partial charge is 0.292 e. The van der Waals surface area contributed by atoms with Crippen LogP contribution in [0.25, 0.3) is 10.9 Å². The predicted octanol–water partition coefficient (Wildman–Crippen LogP) is 2.82. The van der Waals surface area contributed by atoms with E-state index in [9.17, 15) is 9.59 Å². The van der Waals surface area contributed by atoms with Gasteiger partial charge in [0.05, 0.1) is 16.9 Å². The van der Waals surface area contributed by atoms with Gasteiger partial charge in [0.2, 0.25) is 5.84 Å². The summed E-state index contributed by atoms with van der Waals surface area (Å²) in [6.07, 6.45) is 1.72. The van der Waals surface area contributed by atoms with Gasteiger partial charge in [-0.1, -0.05) is 24.3 Å². The van der Waals surface area contributed by atoms with Crippen LogP contribution in [0.15, 0.2) is 65.8 Å². The molecule has 1 aliphatic rings. The molecule has 7 nitrogen and oxygen atoms in total. The number of amides is 2. The molecule has 0 saturated carbocycles. The number of nitrogens with one attached hydrogen (secondary N) is 2. The number of hydrogen-bond acceptors (Lipinski definition) is 5. The number of amidine groups is 1. The molecule has 28 heavy (non-hydrogen) atoms. The van der Waals surface area contributed by atoms with Gasteiger partial charge in [-0.2, -0.15) is 0 Å². The predicted molar refractivity (Wildman–Crippen MR) is 109 cm³/mol. The summed E-state index contributed by atoms with van der Waals surface area (Å²) < 4.78 is 0. The average molecular weight is 373 g/mol. The third-order valence-electron chi connectivity index (χ3n) is 4.57. The monoisotopic (exact) mass is 373 g/mol. The molecule has 2 heterocycles. The van der Waals surface area contributed by atoms with Crippen molar-refractivity contribution >= 4 is 39.9 Å². The van der Waals surface area contributed by atoms with Crippen molar-refractivity contribution in [1.82, 2.24) is 10.4 Å². The van der Waals surface area contributed by atoms with Gasteiger partial charge >= 0.3 is 0 Å². The highest BCUT2D eigenvalue weighted by Gasteiger charge is 2.30. The number of para-hydroxylation sites is 1. The second kappa shape index (κ2) is 7.11. The van der Waals surface area contributed by atoms with E-state index in [0.29, 0.717) is 11.4 Å². The lowest BCUT2D eigenvalue weighted by molar-refractivity contribution is -0.120. The molecule has 3 aromatic rings. The number of fused-ring (bicyclic) bond motifs is 1. The molecule has 0 saturated heterocycles. The topological polar surface area (TPSA) is 86.7 Å². The zero-order chi connectivity index (χ0) is 19.7. The lowest BCUT2D eigenvalue weighted by Crippen LogP contribution is -2.57. The molecule has 2 amide bonds. The Labute approximate surface area is 162 Å². The molecule has 0 fully saturated rings. The van der Waals surface area contributed by atoms with E-state index in [0.717, 1.165) is 16.5 Å². The minimum Gasteiger partial charge on any atom is -0.319 e. The fourth-order valence-corrected chi connectivity index (χ4v) is 3.11. The van der Waals surface area contributed by atoms with Gasteiger partial charge < -0.3 is 5.32 Å². The lowest BCUT2D eigenvalue weighted by Gasteiger charge is -2.30. The number of aliphatic imine (C=N–C) groups is 1. The SMILES string of the molecule is Cc1ccc(NC(=O)C2=NC(C)C(=O)N(c3ccccc3)N2)c2cccnc12. The number of hydrazine groups is 1. The molecular weight excluding hydrogens is 354 g/mol. The highest BCUT2D eigenvalue weighted by Crippen LogP contribution is 2.24. The van der Waals surface area contributed by atoms with Crippen LogP contribution < -0.4 is 15.8 Å². The van der Waals surface area contributed by atoms with Gasteiger partial charge in [-0.05, 0) is 49.7 Å². The first-order valence-electron chi connectivity index (χ1n) is 8.94. The molecule has 140 valence electrons. The van der Waals surface area contributed by atoms with Gasteiger partial charge in [-0.25, -0.2) is 10.0 Å². The molecule has 4 rings (SSSR count). The van der Waals surface area contributed by atoms with Gasteiger partial charge in [0, 0.05) is 11.6 Å². The molecule has 0 radical (unpaired) electrons. The minimum absolute atomic E-state index is 0.0774. The van der Waals surface area contributed by atoms with Crippen molar-refractivity contribution in [2.45, 2.75) is 19.9 Å². The van der Waals surface area contributed by atoms with E-state index in [1.54, 1.807) is 25.3 Å². The van der Waals surface area contributed by atoms with E-state index in [2.05, 4.69) is 20.7 Å². The van der Waals surface area contributed by atoms with E-state index in [4.69, 9.17) is 0 Å². The van der Waals surface area contributed by atoms with Crippen LogP contribution >= 0.6 is 0 Å². The lowest BCUT2D eigenvalue weighted by atomic mass is 10.1. The molecule has 7 heteroatoms. The van der Waals surface area contributed by atoms with Crippen molar-refractivity contribution in [3.8, 4) is 0 Å². The van der Waals surface area contributed by atoms with Crippen LogP contribution in [0, 0.1) is 6.92 Å². The molecule has 0 aliphatic carbocycles. The summed E-state index contributed by atoms with van der Waals surface area (Å²) in [6.45, 7) is 3.64. The number of carbonyl (C=O) groups excluding carboxylic acids is 2. The van der Waals surface area contributed by atoms with Crippen LogP contribution in [0.3, 0.4) is 0 Å². The Hall–Kier alpha value is -3.74. The fraction of sp³-hybridized carbons (Fsp3) is 0.143. The quantitative estimate of drug-likeness (QED) is 0.739. The average Bonchev–Trinajstić information content (AvgIpc) is 2.72. The zero-order valence-electron chi connectivity index (χ0n) is 15.5. The Balaban J connectivity index is 1.63. The van der Waals surface area contributed by atoms with E-state index in [1.807, 2.05) is 49.4 Å². The summed E-state index contributed by atoms with van der Waals surface area (Å²) in [5, 5.41) is 5.07. The highest BCUT2D eigenvalue weighted by molar-refractivity contribution is 6.44. The van der Waals surface area contributed by atoms with Crippen molar-refractivity contribution < 1.29 is 9.59 Å². The Morgan fingerprint density at radius 1 is 1.11 bits per heavy atom. The summed E-state index contributed by atoms with van der Waals surface area (Å²) in [7, 11) is 0. The number of anilines is 2. The van der Waals surface area contributed by atoms with E-state index in [-0.39, 0.29) is 11.7 Å². The first kappa shape index (κ1) is 17.7. The molecular formula is C21H19N5O2. The van der Waals surface area contributed by atoms with Crippen molar-refractivity contribution in [1.29, 1.82) is 0 Å². The second-order valence-corrected chi connectivity index (χ2v) is 6.56. The molecule has 1 aliphatic heterocycles. The van der Waals surface area contributed by atoms with E-state index in [1.165, 1.54) is 5.01 Å². The van der Waals surface area contributed by atoms with Crippen LogP contribution in [-0.4, -0.2) is 28.7 Å². The molecule has 0 spiro atoms. The minimum atomic E-state index is -0.668. The maximum absolute atomic E-state index is 12.9. The van der Waals surface area contributed by atoms with Crippen molar-refractivity contribution in [3.05, 3.63) is 66.4 Å². The number of aryl methyl sites for hydroxylation is 1. The van der Waals surface area contributed by atoms with Crippen LogP contribution in [0.5, 0.6) is 0 Å². The van der Waals surface area contributed by atoms with Gasteiger partial charge in [-0.3, -0.25) is 20.0 Å². The third kappa shape index (κ3) is 3.18. The fourth-order valence-electron chi connectivity index (χ4n) is 3.11. The van der Waals surface area contributed by atoms with Crippen LogP contribution in [0.2, 0.25) is 0 Å². The molecule has 2 N–H and O–H groups in total. The number of aromatic nitrogens is 1. The van der Waals surface area contributed by atoms with Crippen molar-refractivity contribution in [2.75, 3.05) is 10.3 Å². The van der Waals surface area contributed by atoms with E-state index >= 15 is 0 Å². The number of rotatable bonds is 3. The van der Waals surface area contributed by atoms with Crippen molar-refractivity contribution in [2.24, 2.45) is 4.99 Å². The normalized spacial score (nSPS) is 16.5. The summed E-state index contributed by atoms with van der Waals surface area (Å²) in [5.74, 6) is -0.574. The zero-order valence-corrected chi connectivity index (χ0v) is 15.5. The number of pyridine rings is 1. The molecule has 1 atom stereocenters. The first-order valence-corrected chi connectivity index (χ1v) is 8.94. The summed E-state index contributed by atoms with van der Waals surface area (Å²) in [5.41, 5.74) is 5.97. The first-order chi connectivity index (χ1) is 13.5. The van der Waals surface area contributed by atoms with Gasteiger partial charge in [0.15, 0.2) is 0 Å². The Bertz CT molecular complexity index is 1090. The number of carbonyl (C=O) groups is 2. The number of hydrogen-bond donors (Lipinski definition) is 2. The van der Waals surface area contributed by atoms with Gasteiger partial charge in [0.1, 0.15) is 6.04 Å². The standard InChI is InChI=1S/C21H19N5O2/c1-13-10-11-17(16-9-6-12-22-18(13)16)24-20(27)19-23-14(2)21(28)26(25-19)15-7-4-3-5-8-15/h3-12,14H,1-2H3,(H,23,25)(H,24,27). The largest absolute Gasteiger partial charge is 0.319 e. The second-order valence-electron chi connectivity index (χ2n) is 6.56. The summed E-state index contributed by atoms with van der Waals surface area (Å²) in [6, 6.07) is 15.9. The summed E-state index contributed by atoms with van der Waals surface area (Å²) >= 11 is 0. The maximum Gasteiger partial charge on any atom is 0.292 e. The Kier molecular flexibility index (Phi) is 4.49. The van der Waals surface area contributed by atoms with Crippen LogP contribution in [-0.2, 0) is 9.59 Å². The summed E-state index contributed by atoms with van der Waals surface area (Å²) in [4.78, 5) is 33.9. The number of nitrogens with zero attached hydrogens (tertiary/aromatic N) is 3. The maximum atomic E-state index is 12.9. The van der Waals surface area contributed by atoms with E-state index < -0.39 is 11.9 Å². The molecule has 0 bridgehead atoms. The molecule has 1 unspecified atom stereocenters. The molecule has 1 aromatic heterocycles. The molecule has 2 aromatic carbocycles.